The van der Waals surface area contributed by atoms with Gasteiger partial charge in [-0.1, -0.05) is 60.7 Å². The van der Waals surface area contributed by atoms with Crippen molar-refractivity contribution in [2.75, 3.05) is 13.7 Å². The molecule has 23 heavy (non-hydrogen) atoms. The zero-order chi connectivity index (χ0) is 16.3. The van der Waals surface area contributed by atoms with Gasteiger partial charge in [0.2, 0.25) is 0 Å². The van der Waals surface area contributed by atoms with E-state index in [-0.39, 0.29) is 5.97 Å². The summed E-state index contributed by atoms with van der Waals surface area (Å²) in [6.45, 7) is 2.18. The molecule has 0 radical (unpaired) electrons. The van der Waals surface area contributed by atoms with Crippen LogP contribution in [0.4, 0.5) is 0 Å². The Morgan fingerprint density at radius 1 is 1.13 bits per heavy atom. The molecule has 0 bridgehead atoms. The number of benzene rings is 2. The Bertz CT molecular complexity index is 617. The van der Waals surface area contributed by atoms with Crippen molar-refractivity contribution in [1.29, 1.82) is 0 Å². The van der Waals surface area contributed by atoms with Gasteiger partial charge >= 0.3 is 5.97 Å². The number of esters is 1. The number of hydrogen-bond donors (Lipinski definition) is 0. The number of hydroxylamine groups is 2. The predicted molar refractivity (Wildman–Crippen MR) is 87.6 cm³/mol. The topological polar surface area (TPSA) is 38.8 Å². The summed E-state index contributed by atoms with van der Waals surface area (Å²) >= 11 is 0. The normalized spacial score (nSPS) is 20.3. The van der Waals surface area contributed by atoms with Crippen LogP contribution in [0.1, 0.15) is 24.5 Å². The van der Waals surface area contributed by atoms with Gasteiger partial charge in [-0.3, -0.25) is 9.63 Å². The third kappa shape index (κ3) is 2.87. The van der Waals surface area contributed by atoms with Crippen molar-refractivity contribution < 1.29 is 14.4 Å². The van der Waals surface area contributed by atoms with Gasteiger partial charge < -0.3 is 4.74 Å². The van der Waals surface area contributed by atoms with E-state index in [1.807, 2.05) is 67.6 Å². The second-order valence-electron chi connectivity index (χ2n) is 5.67. The maximum absolute atomic E-state index is 12.3. The predicted octanol–water partition coefficient (Wildman–Crippen LogP) is 3.13. The first kappa shape index (κ1) is 15.7. The number of likely N-dealkylation sites (N-methyl/N-ethyl adjacent to an activating group) is 1. The fraction of sp³-hybridized carbons (Fsp3) is 0.316. The van der Waals surface area contributed by atoms with E-state index in [9.17, 15) is 4.79 Å². The van der Waals surface area contributed by atoms with E-state index in [4.69, 9.17) is 9.57 Å². The molecule has 1 fully saturated rings. The minimum Gasteiger partial charge on any atom is -0.465 e. The number of rotatable bonds is 4. The van der Waals surface area contributed by atoms with Gasteiger partial charge in [-0.2, -0.15) is 5.06 Å². The van der Waals surface area contributed by atoms with E-state index >= 15 is 0 Å². The van der Waals surface area contributed by atoms with Gasteiger partial charge in [-0.15, -0.1) is 0 Å². The van der Waals surface area contributed by atoms with Crippen LogP contribution in [0.5, 0.6) is 0 Å². The summed E-state index contributed by atoms with van der Waals surface area (Å²) in [4.78, 5) is 18.5. The van der Waals surface area contributed by atoms with E-state index in [1.54, 1.807) is 12.1 Å². The molecule has 0 aromatic heterocycles. The first-order chi connectivity index (χ1) is 11.2. The first-order valence-electron chi connectivity index (χ1n) is 7.87. The van der Waals surface area contributed by atoms with E-state index < -0.39 is 11.6 Å². The molecule has 1 heterocycles. The van der Waals surface area contributed by atoms with Crippen LogP contribution in [0.3, 0.4) is 0 Å². The molecule has 0 saturated carbocycles. The Hall–Kier alpha value is -2.17. The fourth-order valence-electron chi connectivity index (χ4n) is 3.14. The van der Waals surface area contributed by atoms with Gasteiger partial charge in [-0.25, -0.2) is 0 Å². The van der Waals surface area contributed by atoms with Gasteiger partial charge in [0.25, 0.3) is 0 Å². The third-order valence-corrected chi connectivity index (χ3v) is 4.26. The standard InChI is InChI=1S/C19H21NO3/c1-3-22-18(21)17-14-19(23-20(17)2,15-10-6-4-7-11-15)16-12-8-5-9-13-16/h4-13,17H,3,14H2,1-2H3/t17-/m1/s1. The molecule has 0 amide bonds. The highest BCUT2D eigenvalue weighted by Crippen LogP contribution is 2.44. The largest absolute Gasteiger partial charge is 0.465 e. The van der Waals surface area contributed by atoms with Crippen molar-refractivity contribution in [3.8, 4) is 0 Å². The van der Waals surface area contributed by atoms with Crippen LogP contribution in [0.25, 0.3) is 0 Å². The molecular formula is C19H21NO3. The highest BCUT2D eigenvalue weighted by molar-refractivity contribution is 5.76. The molecule has 2 aromatic carbocycles. The highest BCUT2D eigenvalue weighted by Gasteiger charge is 2.50. The molecule has 0 N–H and O–H groups in total. The molecule has 4 heteroatoms. The second-order valence-corrected chi connectivity index (χ2v) is 5.67. The molecule has 0 aliphatic carbocycles. The Balaban J connectivity index is 2.04. The number of nitrogens with zero attached hydrogens (tertiary/aromatic N) is 1. The van der Waals surface area contributed by atoms with Gasteiger partial charge in [0.1, 0.15) is 11.6 Å². The molecule has 1 aliphatic rings. The summed E-state index contributed by atoms with van der Waals surface area (Å²) in [5.74, 6) is -0.247. The summed E-state index contributed by atoms with van der Waals surface area (Å²) in [6.07, 6.45) is 0.524. The molecule has 3 rings (SSSR count). The Kier molecular flexibility index (Phi) is 4.46. The SMILES string of the molecule is CCOC(=O)[C@H]1CC(c2ccccc2)(c2ccccc2)ON1C. The van der Waals surface area contributed by atoms with E-state index in [0.717, 1.165) is 11.1 Å². The van der Waals surface area contributed by atoms with E-state index in [1.165, 1.54) is 0 Å². The molecule has 0 unspecified atom stereocenters. The number of carbonyl (C=O) groups excluding carboxylic acids is 1. The van der Waals surface area contributed by atoms with Crippen LogP contribution < -0.4 is 0 Å². The van der Waals surface area contributed by atoms with Crippen LogP contribution >= 0.6 is 0 Å². The van der Waals surface area contributed by atoms with Gasteiger partial charge in [0.05, 0.1) is 6.61 Å². The molecule has 1 aliphatic heterocycles. The Labute approximate surface area is 136 Å². The van der Waals surface area contributed by atoms with Crippen molar-refractivity contribution in [1.82, 2.24) is 5.06 Å². The third-order valence-electron chi connectivity index (χ3n) is 4.26. The average Bonchev–Trinajstić information content (AvgIpc) is 2.96. The molecule has 2 aromatic rings. The van der Waals surface area contributed by atoms with Crippen molar-refractivity contribution in [3.05, 3.63) is 71.8 Å². The lowest BCUT2D eigenvalue weighted by Gasteiger charge is -2.29. The summed E-state index contributed by atoms with van der Waals surface area (Å²) in [5.41, 5.74) is 1.39. The number of carbonyl (C=O) groups is 1. The first-order valence-corrected chi connectivity index (χ1v) is 7.87. The second kappa shape index (κ2) is 6.52. The minimum absolute atomic E-state index is 0.247. The maximum Gasteiger partial charge on any atom is 0.325 e. The Morgan fingerprint density at radius 3 is 2.13 bits per heavy atom. The van der Waals surface area contributed by atoms with Crippen molar-refractivity contribution >= 4 is 5.97 Å². The quantitative estimate of drug-likeness (QED) is 0.813. The zero-order valence-electron chi connectivity index (χ0n) is 13.4. The fourth-order valence-corrected chi connectivity index (χ4v) is 3.14. The zero-order valence-corrected chi connectivity index (χ0v) is 13.4. The van der Waals surface area contributed by atoms with Crippen molar-refractivity contribution in [2.24, 2.45) is 0 Å². The van der Waals surface area contributed by atoms with Crippen molar-refractivity contribution in [3.63, 3.8) is 0 Å². The van der Waals surface area contributed by atoms with Gasteiger partial charge in [0, 0.05) is 13.5 Å². The maximum atomic E-state index is 12.3. The summed E-state index contributed by atoms with van der Waals surface area (Å²) < 4.78 is 5.20. The molecular weight excluding hydrogens is 290 g/mol. The summed E-state index contributed by atoms with van der Waals surface area (Å²) in [6, 6.07) is 19.6. The minimum atomic E-state index is -0.672. The van der Waals surface area contributed by atoms with Crippen LogP contribution in [0.15, 0.2) is 60.7 Å². The average molecular weight is 311 g/mol. The summed E-state index contributed by atoms with van der Waals surface area (Å²) in [7, 11) is 1.79. The van der Waals surface area contributed by atoms with Crippen LogP contribution in [0.2, 0.25) is 0 Å². The highest BCUT2D eigenvalue weighted by atomic mass is 16.7. The van der Waals surface area contributed by atoms with Crippen molar-refractivity contribution in [2.45, 2.75) is 25.0 Å². The Morgan fingerprint density at radius 2 is 1.65 bits per heavy atom. The molecule has 0 spiro atoms. The van der Waals surface area contributed by atoms with Crippen LogP contribution in [-0.2, 0) is 20.0 Å². The van der Waals surface area contributed by atoms with Gasteiger partial charge in [-0.05, 0) is 18.1 Å². The van der Waals surface area contributed by atoms with Crippen LogP contribution in [-0.4, -0.2) is 30.7 Å². The molecule has 1 atom stereocenters. The number of ether oxygens (including phenoxy) is 1. The number of hydrogen-bond acceptors (Lipinski definition) is 4. The van der Waals surface area contributed by atoms with E-state index in [0.29, 0.717) is 13.0 Å². The lowest BCUT2D eigenvalue weighted by Crippen LogP contribution is -2.33. The summed E-state index contributed by atoms with van der Waals surface area (Å²) in [5, 5.41) is 1.62. The monoisotopic (exact) mass is 311 g/mol. The van der Waals surface area contributed by atoms with E-state index in [2.05, 4.69) is 0 Å². The molecule has 120 valence electrons. The lowest BCUT2D eigenvalue weighted by molar-refractivity contribution is -0.189. The smallest absolute Gasteiger partial charge is 0.325 e. The van der Waals surface area contributed by atoms with Gasteiger partial charge in [0.15, 0.2) is 0 Å². The molecule has 4 nitrogen and oxygen atoms in total. The van der Waals surface area contributed by atoms with Crippen LogP contribution in [0, 0.1) is 0 Å². The lowest BCUT2D eigenvalue weighted by atomic mass is 9.82. The molecule has 1 saturated heterocycles.